The molecule has 10 heavy (non-hydrogen) atoms. The number of benzene rings is 1. The predicted octanol–water partition coefficient (Wildman–Crippen LogP) is 1.18. The molecule has 3 heteroatoms. The Hall–Kier alpha value is -0.300. The summed E-state index contributed by atoms with van der Waals surface area (Å²) >= 11 is 4.84. The van der Waals surface area contributed by atoms with Crippen LogP contribution in [0.1, 0.15) is 5.56 Å². The molecule has 0 bridgehead atoms. The van der Waals surface area contributed by atoms with Crippen LogP contribution in [0.25, 0.3) is 0 Å². The largest absolute Gasteiger partial charge is 0.326 e. The van der Waals surface area contributed by atoms with Crippen LogP contribution in [0.4, 0.5) is 0 Å². The summed E-state index contributed by atoms with van der Waals surface area (Å²) in [5.74, 6) is 0. The number of nitrogens with two attached hydrogens (primary N) is 1. The van der Waals surface area contributed by atoms with E-state index in [1.807, 2.05) is 24.3 Å². The van der Waals surface area contributed by atoms with E-state index in [0.717, 1.165) is 18.2 Å². The van der Waals surface area contributed by atoms with Gasteiger partial charge in [0.2, 0.25) is 0 Å². The maximum atomic E-state index is 5.41. The highest BCUT2D eigenvalue weighted by molar-refractivity contribution is 7.99. The molecule has 1 aromatic rings. The van der Waals surface area contributed by atoms with Crippen LogP contribution in [0.2, 0.25) is 0 Å². The minimum atomic E-state index is 0.606. The van der Waals surface area contributed by atoms with E-state index in [1.165, 1.54) is 0 Å². The van der Waals surface area contributed by atoms with Gasteiger partial charge in [0.15, 0.2) is 0 Å². The van der Waals surface area contributed by atoms with Crippen molar-refractivity contribution in [3.8, 4) is 0 Å². The number of hydrogen-bond donors (Lipinski definition) is 1. The van der Waals surface area contributed by atoms with Crippen LogP contribution in [0.3, 0.4) is 0 Å². The highest BCUT2D eigenvalue weighted by Gasteiger charge is 1.87. The molecule has 1 rings (SSSR count). The van der Waals surface area contributed by atoms with Crippen molar-refractivity contribution in [3.63, 3.8) is 0 Å². The zero-order valence-corrected chi connectivity index (χ0v) is 7.16. The average Bonchev–Trinajstić information content (AvgIpc) is 2.05. The summed E-state index contributed by atoms with van der Waals surface area (Å²) in [5, 5.41) is 1.16. The molecule has 1 aromatic carbocycles. The highest BCUT2D eigenvalue weighted by atomic mass is 32.4. The van der Waals surface area contributed by atoms with Crippen molar-refractivity contribution in [2.24, 2.45) is 5.73 Å². The lowest BCUT2D eigenvalue weighted by molar-refractivity contribution is 1.07. The maximum Gasteiger partial charge on any atom is 0.0178 e. The van der Waals surface area contributed by atoms with Gasteiger partial charge < -0.3 is 5.73 Å². The van der Waals surface area contributed by atoms with Crippen LogP contribution in [0.5, 0.6) is 0 Å². The van der Waals surface area contributed by atoms with E-state index in [1.54, 1.807) is 0 Å². The normalized spacial score (nSPS) is 10.1. The first-order valence-corrected chi connectivity index (χ1v) is 4.90. The van der Waals surface area contributed by atoms with Crippen molar-refractivity contribution in [2.75, 3.05) is 0 Å². The number of hydrogen-bond acceptors (Lipinski definition) is 2. The van der Waals surface area contributed by atoms with Crippen molar-refractivity contribution < 1.29 is 0 Å². The molecule has 0 saturated heterocycles. The summed E-state index contributed by atoms with van der Waals surface area (Å²) in [6.45, 7) is 0.606. The molecule has 0 aromatic heterocycles. The van der Waals surface area contributed by atoms with Crippen LogP contribution < -0.4 is 11.0 Å². The Balaban J connectivity index is 2.90. The molecule has 1 nitrogen and oxygen atoms in total. The molecule has 0 aliphatic heterocycles. The van der Waals surface area contributed by atoms with Crippen molar-refractivity contribution in [1.82, 2.24) is 0 Å². The summed E-state index contributed by atoms with van der Waals surface area (Å²) in [4.78, 5) is 0. The second-order valence-corrected chi connectivity index (χ2v) is 3.21. The van der Waals surface area contributed by atoms with Gasteiger partial charge in [-0.25, -0.2) is 0 Å². The Morgan fingerprint density at radius 2 is 1.90 bits per heavy atom. The van der Waals surface area contributed by atoms with Gasteiger partial charge in [-0.2, -0.15) is 0 Å². The lowest BCUT2D eigenvalue weighted by atomic mass is 10.2. The van der Waals surface area contributed by atoms with E-state index < -0.39 is 0 Å². The summed E-state index contributed by atoms with van der Waals surface area (Å²) in [6.07, 6.45) is 0. The van der Waals surface area contributed by atoms with Crippen LogP contribution in [0, 0.1) is 0 Å². The van der Waals surface area contributed by atoms with Crippen LogP contribution in [0.15, 0.2) is 24.3 Å². The van der Waals surface area contributed by atoms with Crippen LogP contribution in [-0.2, 0) is 18.4 Å². The van der Waals surface area contributed by atoms with E-state index in [-0.39, 0.29) is 0 Å². The zero-order chi connectivity index (χ0) is 7.40. The topological polar surface area (TPSA) is 26.0 Å². The molecular weight excluding hydrogens is 161 g/mol. The fourth-order valence-electron chi connectivity index (χ4n) is 0.693. The Kier molecular flexibility index (Phi) is 2.94. The van der Waals surface area contributed by atoms with Gasteiger partial charge in [-0.1, -0.05) is 23.9 Å². The van der Waals surface area contributed by atoms with Crippen LogP contribution in [-0.4, -0.2) is 0 Å². The third-order valence-corrected chi connectivity index (χ3v) is 2.42. The van der Waals surface area contributed by atoms with E-state index >= 15 is 0 Å². The molecule has 0 aliphatic rings. The van der Waals surface area contributed by atoms with Gasteiger partial charge in [0.1, 0.15) is 0 Å². The van der Waals surface area contributed by atoms with Crippen molar-refractivity contribution >= 4 is 24.5 Å². The minimum absolute atomic E-state index is 0.606. The van der Waals surface area contributed by atoms with Gasteiger partial charge >= 0.3 is 0 Å². The molecule has 0 unspecified atom stereocenters. The quantitative estimate of drug-likeness (QED) is 0.673. The molecule has 0 spiro atoms. The van der Waals surface area contributed by atoms with Crippen molar-refractivity contribution in [1.29, 1.82) is 0 Å². The third kappa shape index (κ3) is 1.84. The van der Waals surface area contributed by atoms with E-state index in [9.17, 15) is 0 Å². The predicted molar refractivity (Wildman–Crippen MR) is 48.3 cm³/mol. The number of rotatable bonds is 2. The Morgan fingerprint density at radius 3 is 2.30 bits per heavy atom. The Labute approximate surface area is 67.1 Å². The zero-order valence-electron chi connectivity index (χ0n) is 5.45. The van der Waals surface area contributed by atoms with Gasteiger partial charge in [0, 0.05) is 19.2 Å². The first kappa shape index (κ1) is 7.80. The minimum Gasteiger partial charge on any atom is -0.326 e. The molecule has 0 radical (unpaired) electrons. The Morgan fingerprint density at radius 1 is 1.30 bits per heavy atom. The molecule has 0 amide bonds. The molecule has 0 fully saturated rings. The lowest BCUT2D eigenvalue weighted by Crippen LogP contribution is -1.98. The monoisotopic (exact) mass is 169 g/mol. The molecule has 0 aliphatic carbocycles. The average molecular weight is 169 g/mol. The van der Waals surface area contributed by atoms with Gasteiger partial charge in [0.25, 0.3) is 0 Å². The van der Waals surface area contributed by atoms with E-state index in [2.05, 4.69) is 0 Å². The molecule has 2 N–H and O–H groups in total. The first-order chi connectivity index (χ1) is 4.86. The fourth-order valence-corrected chi connectivity index (χ4v) is 1.33. The highest BCUT2D eigenvalue weighted by Crippen LogP contribution is 1.99. The second kappa shape index (κ2) is 3.77. The van der Waals surface area contributed by atoms with E-state index in [0.29, 0.717) is 6.54 Å². The molecule has 0 heterocycles. The molecule has 0 atom stereocenters. The maximum absolute atomic E-state index is 5.41. The van der Waals surface area contributed by atoms with E-state index in [4.69, 9.17) is 17.5 Å². The van der Waals surface area contributed by atoms with Crippen molar-refractivity contribution in [3.05, 3.63) is 29.8 Å². The summed E-state index contributed by atoms with van der Waals surface area (Å²) < 4.78 is 0. The first-order valence-electron chi connectivity index (χ1n) is 2.99. The molecule has 0 saturated carbocycles. The van der Waals surface area contributed by atoms with Gasteiger partial charge in [-0.15, -0.1) is 0 Å². The van der Waals surface area contributed by atoms with Crippen LogP contribution >= 0.6 is 7.36 Å². The molecular formula is C7H8NPS. The third-order valence-electron chi connectivity index (χ3n) is 1.28. The summed E-state index contributed by atoms with van der Waals surface area (Å²) in [6, 6.07) is 8.04. The molecule has 52 valence electrons. The van der Waals surface area contributed by atoms with Gasteiger partial charge in [-0.3, -0.25) is 0 Å². The van der Waals surface area contributed by atoms with Gasteiger partial charge in [0.05, 0.1) is 0 Å². The lowest BCUT2D eigenvalue weighted by Gasteiger charge is -1.94. The second-order valence-electron chi connectivity index (χ2n) is 1.96. The smallest absolute Gasteiger partial charge is 0.0178 e. The van der Waals surface area contributed by atoms with Gasteiger partial charge in [-0.05, 0) is 17.7 Å². The fraction of sp³-hybridized carbons (Fsp3) is 0.143. The summed E-state index contributed by atoms with van der Waals surface area (Å²) in [5.41, 5.74) is 6.57. The standard InChI is InChI=1S/C7H8NPS/c8-5-6-1-3-7(9-10)4-2-6/h1-4H,5,8H2. The summed E-state index contributed by atoms with van der Waals surface area (Å²) in [7, 11) is 0.900. The SMILES string of the molecule is NCc1ccc(P=S)cc1. The Bertz CT molecular complexity index is 220. The van der Waals surface area contributed by atoms with Crippen molar-refractivity contribution in [2.45, 2.75) is 6.54 Å².